The molecule has 1 N–H and O–H groups in total. The molecule has 1 aromatic rings. The lowest BCUT2D eigenvalue weighted by Gasteiger charge is -2.44. The minimum absolute atomic E-state index is 0.0820. The number of nitrogens with zero attached hydrogens (tertiary/aromatic N) is 1. The summed E-state index contributed by atoms with van der Waals surface area (Å²) in [6, 6.07) is 9.29. The van der Waals surface area contributed by atoms with Crippen molar-refractivity contribution in [1.29, 1.82) is 0 Å². The monoisotopic (exact) mass is 491 g/mol. The quantitative estimate of drug-likeness (QED) is 0.313. The molecule has 0 amide bonds. The van der Waals surface area contributed by atoms with Gasteiger partial charge in [-0.05, 0) is 12.0 Å². The van der Waals surface area contributed by atoms with Crippen LogP contribution in [0.4, 0.5) is 0 Å². The van der Waals surface area contributed by atoms with Crippen molar-refractivity contribution in [2.45, 2.75) is 38.9 Å². The molecule has 182 valence electrons. The zero-order valence-corrected chi connectivity index (χ0v) is 20.4. The number of benzene rings is 1. The highest BCUT2D eigenvalue weighted by molar-refractivity contribution is 7.86. The van der Waals surface area contributed by atoms with Crippen LogP contribution in [-0.2, 0) is 35.2 Å². The molecule has 0 aromatic heterocycles. The largest absolute Gasteiger partial charge is 0.479 e. The molecule has 1 aromatic carbocycles. The lowest BCUT2D eigenvalue weighted by atomic mass is 9.73. The minimum Gasteiger partial charge on any atom is -0.479 e. The zero-order chi connectivity index (χ0) is 23.7. The molecule has 0 saturated carbocycles. The average Bonchev–Trinajstić information content (AvgIpc) is 2.78. The van der Waals surface area contributed by atoms with E-state index >= 15 is 0 Å². The van der Waals surface area contributed by atoms with Crippen LogP contribution in [-0.4, -0.2) is 81.1 Å². The first-order valence-corrected chi connectivity index (χ1v) is 12.9. The third kappa shape index (κ3) is 7.67. The number of aliphatic carboxylic acids is 1. The molecule has 1 heterocycles. The molecule has 0 spiro atoms. The van der Waals surface area contributed by atoms with E-state index in [1.54, 1.807) is 13.8 Å². The second-order valence-corrected chi connectivity index (χ2v) is 10.7. The first-order chi connectivity index (χ1) is 15.1. The summed E-state index contributed by atoms with van der Waals surface area (Å²) in [5.41, 5.74) is -1.98. The molecule has 0 bridgehead atoms. The summed E-state index contributed by atoms with van der Waals surface area (Å²) in [5, 5.41) is 10.3. The number of ether oxygens (including phenoxy) is 2. The Labute approximate surface area is 195 Å². The van der Waals surface area contributed by atoms with Crippen molar-refractivity contribution in [2.24, 2.45) is 5.41 Å². The summed E-state index contributed by atoms with van der Waals surface area (Å²) in [5.74, 6) is -1.16. The SMILES string of the molecule is CC(C)(COS(=O)(=O)CCCCl)[C@@](CCN1CCOCC1)(OCc1ccccc1)C(=O)O. The highest BCUT2D eigenvalue weighted by atomic mass is 35.5. The Balaban J connectivity index is 2.24. The lowest BCUT2D eigenvalue weighted by Crippen LogP contribution is -2.57. The maximum Gasteiger partial charge on any atom is 0.336 e. The van der Waals surface area contributed by atoms with Gasteiger partial charge in [0.15, 0.2) is 5.60 Å². The van der Waals surface area contributed by atoms with Crippen LogP contribution < -0.4 is 0 Å². The summed E-state index contributed by atoms with van der Waals surface area (Å²) >= 11 is 5.60. The van der Waals surface area contributed by atoms with E-state index in [-0.39, 0.29) is 37.7 Å². The van der Waals surface area contributed by atoms with Crippen LogP contribution in [0.25, 0.3) is 0 Å². The normalized spacial score (nSPS) is 17.7. The van der Waals surface area contributed by atoms with Gasteiger partial charge >= 0.3 is 5.97 Å². The van der Waals surface area contributed by atoms with Crippen molar-refractivity contribution in [3.8, 4) is 0 Å². The number of rotatable bonds is 14. The van der Waals surface area contributed by atoms with Crippen molar-refractivity contribution in [3.63, 3.8) is 0 Å². The Hall–Kier alpha value is -1.23. The van der Waals surface area contributed by atoms with Crippen molar-refractivity contribution in [1.82, 2.24) is 4.90 Å². The molecule has 1 atom stereocenters. The maximum absolute atomic E-state index is 12.7. The number of alkyl halides is 1. The van der Waals surface area contributed by atoms with Crippen molar-refractivity contribution >= 4 is 27.7 Å². The van der Waals surface area contributed by atoms with E-state index < -0.39 is 27.1 Å². The average molecular weight is 492 g/mol. The number of halogens is 1. The summed E-state index contributed by atoms with van der Waals surface area (Å²) in [4.78, 5) is 14.8. The molecule has 2 rings (SSSR count). The number of hydrogen-bond acceptors (Lipinski definition) is 7. The fraction of sp³-hybridized carbons (Fsp3) is 0.682. The molecule has 32 heavy (non-hydrogen) atoms. The topological polar surface area (TPSA) is 102 Å². The summed E-state index contributed by atoms with van der Waals surface area (Å²) in [7, 11) is -3.83. The van der Waals surface area contributed by atoms with Crippen molar-refractivity contribution in [3.05, 3.63) is 35.9 Å². The van der Waals surface area contributed by atoms with Crippen LogP contribution in [0, 0.1) is 5.41 Å². The molecular weight excluding hydrogens is 458 g/mol. The Morgan fingerprint density at radius 3 is 2.47 bits per heavy atom. The Morgan fingerprint density at radius 1 is 1.22 bits per heavy atom. The van der Waals surface area contributed by atoms with Crippen molar-refractivity contribution < 1.29 is 32.0 Å². The van der Waals surface area contributed by atoms with E-state index in [0.29, 0.717) is 32.8 Å². The highest BCUT2D eigenvalue weighted by Gasteiger charge is 2.53. The van der Waals surface area contributed by atoms with Crippen LogP contribution in [0.2, 0.25) is 0 Å². The van der Waals surface area contributed by atoms with Crippen LogP contribution in [0.15, 0.2) is 30.3 Å². The molecule has 10 heteroatoms. The van der Waals surface area contributed by atoms with Crippen LogP contribution in [0.5, 0.6) is 0 Å². The Kier molecular flexibility index (Phi) is 10.4. The van der Waals surface area contributed by atoms with Gasteiger partial charge in [0, 0.05) is 37.4 Å². The van der Waals surface area contributed by atoms with E-state index in [4.69, 9.17) is 25.3 Å². The third-order valence-corrected chi connectivity index (χ3v) is 7.31. The number of carboxylic acids is 1. The van der Waals surface area contributed by atoms with E-state index in [1.165, 1.54) is 0 Å². The Morgan fingerprint density at radius 2 is 1.88 bits per heavy atom. The maximum atomic E-state index is 12.7. The molecule has 0 aliphatic carbocycles. The molecule has 1 aliphatic rings. The highest BCUT2D eigenvalue weighted by Crippen LogP contribution is 2.39. The fourth-order valence-corrected chi connectivity index (χ4v) is 5.01. The van der Waals surface area contributed by atoms with Gasteiger partial charge in [0.2, 0.25) is 0 Å². The van der Waals surface area contributed by atoms with Gasteiger partial charge in [0.25, 0.3) is 10.1 Å². The molecule has 1 aliphatic heterocycles. The van der Waals surface area contributed by atoms with Gasteiger partial charge in [0.1, 0.15) is 0 Å². The van der Waals surface area contributed by atoms with E-state index in [9.17, 15) is 18.3 Å². The summed E-state index contributed by atoms with van der Waals surface area (Å²) in [6.07, 6.45) is 0.434. The fourth-order valence-electron chi connectivity index (χ4n) is 3.63. The predicted molar refractivity (Wildman–Crippen MR) is 122 cm³/mol. The van der Waals surface area contributed by atoms with Crippen LogP contribution in [0.3, 0.4) is 0 Å². The molecule has 8 nitrogen and oxygen atoms in total. The summed E-state index contributed by atoms with van der Waals surface area (Å²) in [6.45, 7) is 6.18. The number of hydrogen-bond donors (Lipinski definition) is 1. The third-order valence-electron chi connectivity index (χ3n) is 5.78. The van der Waals surface area contributed by atoms with Gasteiger partial charge in [-0.3, -0.25) is 9.08 Å². The molecule has 1 fully saturated rings. The molecule has 1 saturated heterocycles. The van der Waals surface area contributed by atoms with Crippen molar-refractivity contribution in [2.75, 3.05) is 51.1 Å². The minimum atomic E-state index is -3.83. The summed E-state index contributed by atoms with van der Waals surface area (Å²) < 4.78 is 41.2. The second-order valence-electron chi connectivity index (χ2n) is 8.56. The van der Waals surface area contributed by atoms with Crippen LogP contribution in [0.1, 0.15) is 32.3 Å². The van der Waals surface area contributed by atoms with Gasteiger partial charge in [-0.25, -0.2) is 4.79 Å². The van der Waals surface area contributed by atoms with Gasteiger partial charge in [-0.15, -0.1) is 11.6 Å². The van der Waals surface area contributed by atoms with E-state index in [2.05, 4.69) is 4.90 Å². The van der Waals surface area contributed by atoms with Gasteiger partial charge in [-0.2, -0.15) is 8.42 Å². The number of carboxylic acid groups (broad SMARTS) is 1. The first kappa shape index (κ1) is 27.0. The van der Waals surface area contributed by atoms with Gasteiger partial charge in [-0.1, -0.05) is 44.2 Å². The number of morpholine rings is 1. The number of carbonyl (C=O) groups is 1. The smallest absolute Gasteiger partial charge is 0.336 e. The lowest BCUT2D eigenvalue weighted by molar-refractivity contribution is -0.195. The molecular formula is C22H34ClNO7S. The van der Waals surface area contributed by atoms with Gasteiger partial charge < -0.3 is 14.6 Å². The molecule has 0 unspecified atom stereocenters. The molecule has 0 radical (unpaired) electrons. The standard InChI is InChI=1S/C22H34ClNO7S/c1-21(2,18-31-32(27,28)16-6-10-23)22(20(25)26,9-11-24-12-14-29-15-13-24)30-17-19-7-4-3-5-8-19/h3-5,7-8H,6,9-18H2,1-2H3,(H,25,26)/t22-/m0/s1. The Bertz CT molecular complexity index is 813. The van der Waals surface area contributed by atoms with Gasteiger partial charge in [0.05, 0.1) is 32.2 Å². The second kappa shape index (κ2) is 12.3. The van der Waals surface area contributed by atoms with Crippen LogP contribution >= 0.6 is 11.6 Å². The zero-order valence-electron chi connectivity index (χ0n) is 18.8. The first-order valence-electron chi connectivity index (χ1n) is 10.8. The predicted octanol–water partition coefficient (Wildman–Crippen LogP) is 2.75. The van der Waals surface area contributed by atoms with E-state index in [0.717, 1.165) is 5.56 Å². The van der Waals surface area contributed by atoms with E-state index in [1.807, 2.05) is 30.3 Å².